The van der Waals surface area contributed by atoms with Crippen molar-refractivity contribution in [2.24, 2.45) is 0 Å². The first-order valence-electron chi connectivity index (χ1n) is 6.72. The third kappa shape index (κ3) is 4.19. The van der Waals surface area contributed by atoms with Crippen LogP contribution in [0.1, 0.15) is 23.7 Å². The standard InChI is InChI=1S/C15H21N3O/c1-2-16-8-7-15-10-18(12-17-15)9-13-3-5-14(11-19)6-4-13/h3-6,10,12,16,19H,2,7-9,11H2,1H3. The smallest absolute Gasteiger partial charge is 0.0952 e. The summed E-state index contributed by atoms with van der Waals surface area (Å²) in [6.45, 7) is 4.99. The van der Waals surface area contributed by atoms with Crippen molar-refractivity contribution >= 4 is 0 Å². The summed E-state index contributed by atoms with van der Waals surface area (Å²) in [5, 5.41) is 12.3. The molecule has 2 N–H and O–H groups in total. The average Bonchev–Trinajstić information content (AvgIpc) is 2.88. The van der Waals surface area contributed by atoms with Crippen molar-refractivity contribution in [3.05, 3.63) is 53.6 Å². The van der Waals surface area contributed by atoms with Gasteiger partial charge >= 0.3 is 0 Å². The second-order valence-electron chi connectivity index (χ2n) is 4.62. The highest BCUT2D eigenvalue weighted by Gasteiger charge is 2.00. The molecule has 0 aliphatic rings. The van der Waals surface area contributed by atoms with Crippen LogP contribution in [0.15, 0.2) is 36.8 Å². The van der Waals surface area contributed by atoms with Crippen LogP contribution in [0.4, 0.5) is 0 Å². The molecule has 1 heterocycles. The Kier molecular flexibility index (Phi) is 5.12. The fourth-order valence-corrected chi connectivity index (χ4v) is 1.98. The lowest BCUT2D eigenvalue weighted by Crippen LogP contribution is -2.16. The SMILES string of the molecule is CCNCCc1cn(Cc2ccc(CO)cc2)cn1. The van der Waals surface area contributed by atoms with E-state index in [4.69, 9.17) is 5.11 Å². The number of aromatic nitrogens is 2. The molecule has 19 heavy (non-hydrogen) atoms. The Balaban J connectivity index is 1.91. The predicted octanol–water partition coefficient (Wildman–Crippen LogP) is 1.58. The Labute approximate surface area is 114 Å². The van der Waals surface area contributed by atoms with Crippen molar-refractivity contribution in [2.45, 2.75) is 26.5 Å². The molecule has 4 heteroatoms. The van der Waals surface area contributed by atoms with Gasteiger partial charge in [0.15, 0.2) is 0 Å². The largest absolute Gasteiger partial charge is 0.392 e. The van der Waals surface area contributed by atoms with Crippen LogP contribution < -0.4 is 5.32 Å². The molecule has 0 saturated carbocycles. The van der Waals surface area contributed by atoms with Gasteiger partial charge in [-0.05, 0) is 17.7 Å². The van der Waals surface area contributed by atoms with E-state index in [2.05, 4.69) is 28.0 Å². The van der Waals surface area contributed by atoms with E-state index in [1.54, 1.807) is 0 Å². The van der Waals surface area contributed by atoms with Crippen molar-refractivity contribution in [1.82, 2.24) is 14.9 Å². The van der Waals surface area contributed by atoms with Crippen LogP contribution in [0.25, 0.3) is 0 Å². The third-order valence-corrected chi connectivity index (χ3v) is 3.07. The molecule has 0 atom stereocenters. The fourth-order valence-electron chi connectivity index (χ4n) is 1.98. The number of likely N-dealkylation sites (N-methyl/N-ethyl adjacent to an activating group) is 1. The summed E-state index contributed by atoms with van der Waals surface area (Å²) in [6, 6.07) is 8.00. The maximum atomic E-state index is 9.00. The summed E-state index contributed by atoms with van der Waals surface area (Å²) in [4.78, 5) is 4.40. The highest BCUT2D eigenvalue weighted by Crippen LogP contribution is 2.07. The Morgan fingerprint density at radius 3 is 2.63 bits per heavy atom. The molecular formula is C15H21N3O. The molecule has 102 valence electrons. The van der Waals surface area contributed by atoms with Crippen LogP contribution >= 0.6 is 0 Å². The molecule has 0 spiro atoms. The number of aliphatic hydroxyl groups is 1. The van der Waals surface area contributed by atoms with E-state index in [-0.39, 0.29) is 6.61 Å². The van der Waals surface area contributed by atoms with Crippen LogP contribution in [0.3, 0.4) is 0 Å². The van der Waals surface area contributed by atoms with Crippen LogP contribution in [0.5, 0.6) is 0 Å². The van der Waals surface area contributed by atoms with E-state index in [0.717, 1.165) is 37.3 Å². The molecule has 1 aromatic carbocycles. The lowest BCUT2D eigenvalue weighted by molar-refractivity contribution is 0.282. The minimum atomic E-state index is 0.0972. The highest BCUT2D eigenvalue weighted by molar-refractivity contribution is 5.22. The second kappa shape index (κ2) is 7.07. The van der Waals surface area contributed by atoms with Gasteiger partial charge in [0.1, 0.15) is 0 Å². The number of hydrogen-bond donors (Lipinski definition) is 2. The van der Waals surface area contributed by atoms with Crippen molar-refractivity contribution < 1.29 is 5.11 Å². The number of nitrogens with zero attached hydrogens (tertiary/aromatic N) is 2. The van der Waals surface area contributed by atoms with Gasteiger partial charge in [0, 0.05) is 25.7 Å². The Bertz CT molecular complexity index is 490. The molecular weight excluding hydrogens is 238 g/mol. The topological polar surface area (TPSA) is 50.1 Å². The summed E-state index contributed by atoms with van der Waals surface area (Å²) in [6.07, 6.45) is 4.93. The molecule has 0 saturated heterocycles. The Hall–Kier alpha value is -1.65. The molecule has 0 unspecified atom stereocenters. The van der Waals surface area contributed by atoms with Gasteiger partial charge in [-0.2, -0.15) is 0 Å². The van der Waals surface area contributed by atoms with Gasteiger partial charge in [-0.3, -0.25) is 0 Å². The first-order valence-corrected chi connectivity index (χ1v) is 6.72. The van der Waals surface area contributed by atoms with E-state index in [1.807, 2.05) is 30.6 Å². The van der Waals surface area contributed by atoms with Gasteiger partial charge in [-0.25, -0.2) is 4.98 Å². The average molecular weight is 259 g/mol. The molecule has 0 amide bonds. The van der Waals surface area contributed by atoms with Crippen LogP contribution in [-0.2, 0) is 19.6 Å². The van der Waals surface area contributed by atoms with Crippen molar-refractivity contribution in [3.8, 4) is 0 Å². The second-order valence-corrected chi connectivity index (χ2v) is 4.62. The zero-order valence-corrected chi connectivity index (χ0v) is 11.3. The lowest BCUT2D eigenvalue weighted by atomic mass is 10.1. The summed E-state index contributed by atoms with van der Waals surface area (Å²) >= 11 is 0. The molecule has 4 nitrogen and oxygen atoms in total. The molecule has 2 aromatic rings. The van der Waals surface area contributed by atoms with Crippen molar-refractivity contribution in [2.75, 3.05) is 13.1 Å². The maximum absolute atomic E-state index is 9.00. The van der Waals surface area contributed by atoms with E-state index >= 15 is 0 Å². The number of benzene rings is 1. The number of aliphatic hydroxyl groups excluding tert-OH is 1. The molecule has 0 aliphatic heterocycles. The van der Waals surface area contributed by atoms with Crippen LogP contribution in [0.2, 0.25) is 0 Å². The minimum Gasteiger partial charge on any atom is -0.392 e. The maximum Gasteiger partial charge on any atom is 0.0952 e. The predicted molar refractivity (Wildman–Crippen MR) is 75.9 cm³/mol. The van der Waals surface area contributed by atoms with E-state index in [1.165, 1.54) is 5.56 Å². The van der Waals surface area contributed by atoms with E-state index < -0.39 is 0 Å². The van der Waals surface area contributed by atoms with E-state index in [9.17, 15) is 0 Å². The fraction of sp³-hybridized carbons (Fsp3) is 0.400. The summed E-state index contributed by atoms with van der Waals surface area (Å²) in [5.74, 6) is 0. The van der Waals surface area contributed by atoms with Gasteiger partial charge in [0.05, 0.1) is 18.6 Å². The first-order chi connectivity index (χ1) is 9.31. The molecule has 2 rings (SSSR count). The van der Waals surface area contributed by atoms with Gasteiger partial charge in [-0.15, -0.1) is 0 Å². The zero-order valence-electron chi connectivity index (χ0n) is 11.3. The van der Waals surface area contributed by atoms with E-state index in [0.29, 0.717) is 0 Å². The molecule has 0 radical (unpaired) electrons. The first kappa shape index (κ1) is 13.8. The number of hydrogen-bond acceptors (Lipinski definition) is 3. The number of rotatable bonds is 7. The Morgan fingerprint density at radius 2 is 1.95 bits per heavy atom. The summed E-state index contributed by atoms with van der Waals surface area (Å²) < 4.78 is 2.09. The highest BCUT2D eigenvalue weighted by atomic mass is 16.3. The van der Waals surface area contributed by atoms with Gasteiger partial charge in [0.2, 0.25) is 0 Å². The molecule has 0 aliphatic carbocycles. The van der Waals surface area contributed by atoms with Crippen molar-refractivity contribution in [3.63, 3.8) is 0 Å². The monoisotopic (exact) mass is 259 g/mol. The Morgan fingerprint density at radius 1 is 1.21 bits per heavy atom. The summed E-state index contributed by atoms with van der Waals surface area (Å²) in [7, 11) is 0. The van der Waals surface area contributed by atoms with Gasteiger partial charge in [-0.1, -0.05) is 31.2 Å². The normalized spacial score (nSPS) is 10.8. The lowest BCUT2D eigenvalue weighted by Gasteiger charge is -2.03. The molecule has 1 aromatic heterocycles. The summed E-state index contributed by atoms with van der Waals surface area (Å²) in [5.41, 5.74) is 3.28. The van der Waals surface area contributed by atoms with Crippen LogP contribution in [0, 0.1) is 0 Å². The molecule has 0 bridgehead atoms. The van der Waals surface area contributed by atoms with Crippen LogP contribution in [-0.4, -0.2) is 27.7 Å². The molecule has 0 fully saturated rings. The quantitative estimate of drug-likeness (QED) is 0.742. The number of imidazole rings is 1. The number of nitrogens with one attached hydrogen (secondary N) is 1. The third-order valence-electron chi connectivity index (χ3n) is 3.07. The minimum absolute atomic E-state index is 0.0972. The van der Waals surface area contributed by atoms with Gasteiger partial charge in [0.25, 0.3) is 0 Å². The van der Waals surface area contributed by atoms with Crippen molar-refractivity contribution in [1.29, 1.82) is 0 Å². The zero-order chi connectivity index (χ0) is 13.5. The van der Waals surface area contributed by atoms with Gasteiger partial charge < -0.3 is 15.0 Å².